The smallest absolute Gasteiger partial charge is 0.254 e. The van der Waals surface area contributed by atoms with Gasteiger partial charge in [0.05, 0.1) is 10.7 Å². The van der Waals surface area contributed by atoms with Crippen molar-refractivity contribution in [2.45, 2.75) is 13.3 Å². The Hall–Kier alpha value is -3.45. The molecule has 4 rings (SSSR count). The molecule has 0 bridgehead atoms. The molecule has 176 valence electrons. The van der Waals surface area contributed by atoms with Gasteiger partial charge in [-0.1, -0.05) is 48.0 Å². The highest BCUT2D eigenvalue weighted by Crippen LogP contribution is 2.26. The van der Waals surface area contributed by atoms with Crippen LogP contribution < -0.4 is 4.90 Å². The van der Waals surface area contributed by atoms with Crippen LogP contribution in [0.15, 0.2) is 66.7 Å². The van der Waals surface area contributed by atoms with Gasteiger partial charge in [-0.05, 0) is 43.7 Å². The molecular weight excluding hydrogens is 450 g/mol. The molecule has 34 heavy (non-hydrogen) atoms. The lowest BCUT2D eigenvalue weighted by molar-refractivity contribution is -0.131. The summed E-state index contributed by atoms with van der Waals surface area (Å²) in [6, 6.07) is 20.5. The monoisotopic (exact) mass is 477 g/mol. The summed E-state index contributed by atoms with van der Waals surface area (Å²) >= 11 is 6.28. The molecular formula is C26H28ClN5O2. The van der Waals surface area contributed by atoms with Crippen LogP contribution in [0.2, 0.25) is 5.02 Å². The van der Waals surface area contributed by atoms with Crippen molar-refractivity contribution >= 4 is 29.2 Å². The van der Waals surface area contributed by atoms with Crippen molar-refractivity contribution in [2.75, 3.05) is 44.2 Å². The van der Waals surface area contributed by atoms with E-state index in [0.29, 0.717) is 36.8 Å². The second kappa shape index (κ2) is 11.1. The Morgan fingerprint density at radius 1 is 0.912 bits per heavy atom. The van der Waals surface area contributed by atoms with E-state index in [0.717, 1.165) is 30.0 Å². The lowest BCUT2D eigenvalue weighted by Gasteiger charge is -2.26. The molecule has 7 nitrogen and oxygen atoms in total. The quantitative estimate of drug-likeness (QED) is 0.536. The molecule has 1 aliphatic rings. The second-order valence-corrected chi connectivity index (χ2v) is 8.57. The van der Waals surface area contributed by atoms with Crippen LogP contribution in [0, 0.1) is 0 Å². The maximum absolute atomic E-state index is 13.0. The summed E-state index contributed by atoms with van der Waals surface area (Å²) in [7, 11) is 0. The highest BCUT2D eigenvalue weighted by atomic mass is 35.5. The van der Waals surface area contributed by atoms with Gasteiger partial charge < -0.3 is 14.7 Å². The molecule has 0 atom stereocenters. The lowest BCUT2D eigenvalue weighted by atomic mass is 10.1. The number of nitrogens with zero attached hydrogens (tertiary/aromatic N) is 5. The number of anilines is 1. The summed E-state index contributed by atoms with van der Waals surface area (Å²) in [5.41, 5.74) is 2.17. The Kier molecular flexibility index (Phi) is 7.75. The summed E-state index contributed by atoms with van der Waals surface area (Å²) in [5.74, 6) is 0.620. The molecule has 0 unspecified atom stereocenters. The number of hydrogen-bond donors (Lipinski definition) is 0. The van der Waals surface area contributed by atoms with Crippen molar-refractivity contribution in [2.24, 2.45) is 0 Å². The van der Waals surface area contributed by atoms with Crippen molar-refractivity contribution in [1.82, 2.24) is 20.0 Å². The fourth-order valence-electron chi connectivity index (χ4n) is 4.06. The van der Waals surface area contributed by atoms with Gasteiger partial charge in [-0.3, -0.25) is 9.59 Å². The second-order valence-electron chi connectivity index (χ2n) is 8.16. The highest BCUT2D eigenvalue weighted by molar-refractivity contribution is 6.33. The van der Waals surface area contributed by atoms with Gasteiger partial charge in [0.15, 0.2) is 5.82 Å². The van der Waals surface area contributed by atoms with Crippen LogP contribution in [0.4, 0.5) is 5.82 Å². The van der Waals surface area contributed by atoms with Crippen molar-refractivity contribution in [3.05, 3.63) is 77.3 Å². The lowest BCUT2D eigenvalue weighted by Crippen LogP contribution is -2.44. The van der Waals surface area contributed by atoms with E-state index in [4.69, 9.17) is 11.6 Å². The number of rotatable bonds is 6. The van der Waals surface area contributed by atoms with E-state index >= 15 is 0 Å². The SMILES string of the molecule is CCN(CC(=O)N1CCCN(c2ccc(-c3ccccc3Cl)nn2)CC1)C(=O)c1ccccc1. The standard InChI is InChI=1S/C26H28ClN5O2/c1-2-30(26(34)20-9-4-3-5-10-20)19-25(33)32-16-8-15-31(17-18-32)24-14-13-23(28-29-24)21-11-6-7-12-22(21)27/h3-7,9-14H,2,8,15-19H2,1H3. The number of hydrogen-bond acceptors (Lipinski definition) is 5. The van der Waals surface area contributed by atoms with Gasteiger partial charge in [0.25, 0.3) is 5.91 Å². The zero-order chi connectivity index (χ0) is 23.9. The fourth-order valence-corrected chi connectivity index (χ4v) is 4.29. The normalized spacial score (nSPS) is 13.9. The summed E-state index contributed by atoms with van der Waals surface area (Å²) in [6.07, 6.45) is 0.818. The zero-order valence-corrected chi connectivity index (χ0v) is 20.0. The third-order valence-electron chi connectivity index (χ3n) is 5.99. The average molecular weight is 478 g/mol. The van der Waals surface area contributed by atoms with Crippen LogP contribution >= 0.6 is 11.6 Å². The zero-order valence-electron chi connectivity index (χ0n) is 19.2. The van der Waals surface area contributed by atoms with Gasteiger partial charge in [-0.15, -0.1) is 10.2 Å². The Bertz CT molecular complexity index is 1120. The number of aromatic nitrogens is 2. The van der Waals surface area contributed by atoms with Crippen LogP contribution in [0.25, 0.3) is 11.3 Å². The number of halogens is 1. The molecule has 1 aromatic heterocycles. The van der Waals surface area contributed by atoms with Crippen LogP contribution in [0.5, 0.6) is 0 Å². The Balaban J connectivity index is 1.36. The first-order valence-electron chi connectivity index (χ1n) is 11.5. The largest absolute Gasteiger partial charge is 0.353 e. The van der Waals surface area contributed by atoms with Gasteiger partial charge >= 0.3 is 0 Å². The predicted molar refractivity (Wildman–Crippen MR) is 134 cm³/mol. The number of amides is 2. The average Bonchev–Trinajstić information content (AvgIpc) is 3.14. The first-order chi connectivity index (χ1) is 16.6. The van der Waals surface area contributed by atoms with Crippen molar-refractivity contribution in [3.8, 4) is 11.3 Å². The summed E-state index contributed by atoms with van der Waals surface area (Å²) in [5, 5.41) is 9.42. The Morgan fingerprint density at radius 3 is 2.38 bits per heavy atom. The Labute approximate surface area is 205 Å². The van der Waals surface area contributed by atoms with Crippen LogP contribution in [0.1, 0.15) is 23.7 Å². The van der Waals surface area contributed by atoms with Crippen LogP contribution in [0.3, 0.4) is 0 Å². The number of likely N-dealkylation sites (N-methyl/N-ethyl adjacent to an activating group) is 1. The fraction of sp³-hybridized carbons (Fsp3) is 0.308. The van der Waals surface area contributed by atoms with E-state index in [2.05, 4.69) is 15.1 Å². The van der Waals surface area contributed by atoms with Crippen molar-refractivity contribution in [1.29, 1.82) is 0 Å². The molecule has 3 aromatic rings. The molecule has 2 amide bonds. The van der Waals surface area contributed by atoms with Crippen molar-refractivity contribution in [3.63, 3.8) is 0 Å². The third-order valence-corrected chi connectivity index (χ3v) is 6.32. The van der Waals surface area contributed by atoms with Gasteiger partial charge in [0.1, 0.15) is 6.54 Å². The first-order valence-corrected chi connectivity index (χ1v) is 11.9. The topological polar surface area (TPSA) is 69.6 Å². The van der Waals surface area contributed by atoms with Gasteiger partial charge in [-0.2, -0.15) is 0 Å². The minimum absolute atomic E-state index is 0.0341. The molecule has 1 aliphatic heterocycles. The molecule has 1 fully saturated rings. The van der Waals surface area contributed by atoms with E-state index in [-0.39, 0.29) is 18.4 Å². The number of benzene rings is 2. The molecule has 2 aromatic carbocycles. The summed E-state index contributed by atoms with van der Waals surface area (Å²) < 4.78 is 0. The maximum atomic E-state index is 13.0. The molecule has 0 saturated carbocycles. The first kappa shape index (κ1) is 23.7. The minimum atomic E-state index is -0.123. The molecule has 0 radical (unpaired) electrons. The van der Waals surface area contributed by atoms with Crippen LogP contribution in [-0.4, -0.2) is 71.1 Å². The van der Waals surface area contributed by atoms with E-state index in [1.165, 1.54) is 0 Å². The van der Waals surface area contributed by atoms with Gasteiger partial charge in [-0.25, -0.2) is 0 Å². The van der Waals surface area contributed by atoms with Gasteiger partial charge in [0.2, 0.25) is 5.91 Å². The van der Waals surface area contributed by atoms with E-state index < -0.39 is 0 Å². The summed E-state index contributed by atoms with van der Waals surface area (Å²) in [4.78, 5) is 31.4. The van der Waals surface area contributed by atoms with Crippen molar-refractivity contribution < 1.29 is 9.59 Å². The number of carbonyl (C=O) groups is 2. The third kappa shape index (κ3) is 5.54. The molecule has 8 heteroatoms. The van der Waals surface area contributed by atoms with Crippen LogP contribution in [-0.2, 0) is 4.79 Å². The Morgan fingerprint density at radius 2 is 1.68 bits per heavy atom. The van der Waals surface area contributed by atoms with E-state index in [1.54, 1.807) is 17.0 Å². The van der Waals surface area contributed by atoms with E-state index in [9.17, 15) is 9.59 Å². The molecule has 0 N–H and O–H groups in total. The molecule has 2 heterocycles. The van der Waals surface area contributed by atoms with Gasteiger partial charge in [0, 0.05) is 43.9 Å². The van der Waals surface area contributed by atoms with E-state index in [1.807, 2.05) is 66.4 Å². The molecule has 1 saturated heterocycles. The highest BCUT2D eigenvalue weighted by Gasteiger charge is 2.24. The molecule has 0 spiro atoms. The minimum Gasteiger partial charge on any atom is -0.353 e. The maximum Gasteiger partial charge on any atom is 0.254 e. The number of carbonyl (C=O) groups excluding carboxylic acids is 2. The predicted octanol–water partition coefficient (Wildman–Crippen LogP) is 4.00. The molecule has 0 aliphatic carbocycles. The summed E-state index contributed by atoms with van der Waals surface area (Å²) in [6.45, 7) is 5.11.